The summed E-state index contributed by atoms with van der Waals surface area (Å²) in [5.74, 6) is 0.172. The molecule has 0 spiro atoms. The molecular weight excluding hydrogens is 389 g/mol. The number of hydrogen-bond donors (Lipinski definition) is 2. The zero-order valence-corrected chi connectivity index (χ0v) is 16.3. The lowest BCUT2D eigenvalue weighted by Gasteiger charge is -2.36. The number of nitrogens with two attached hydrogens (primary N) is 2. The SMILES string of the molecule is Cl.Cl.NC(=O)c1cccnc1N1CCN(C(=O)Cc2ccc(N)cc2)CC1. The number of nitrogens with zero attached hydrogens (tertiary/aromatic N) is 3. The van der Waals surface area contributed by atoms with Crippen LogP contribution in [0.15, 0.2) is 42.6 Å². The average molecular weight is 412 g/mol. The van der Waals surface area contributed by atoms with Gasteiger partial charge in [0.1, 0.15) is 5.82 Å². The molecule has 4 N–H and O–H groups in total. The molecule has 1 fully saturated rings. The van der Waals surface area contributed by atoms with E-state index in [-0.39, 0.29) is 30.7 Å². The standard InChI is InChI=1S/C18H21N5O2.2ClH/c19-14-5-3-13(4-6-14)12-16(24)22-8-10-23(11-9-22)18-15(17(20)25)2-1-7-21-18;;/h1-7H,8-12,19H2,(H2,20,25);2*1H. The first-order valence-electron chi connectivity index (χ1n) is 8.16. The van der Waals surface area contributed by atoms with Crippen molar-refractivity contribution in [2.75, 3.05) is 36.8 Å². The normalized spacial score (nSPS) is 13.3. The molecule has 7 nitrogen and oxygen atoms in total. The Morgan fingerprint density at radius 2 is 1.63 bits per heavy atom. The Hall–Kier alpha value is -2.51. The molecule has 0 radical (unpaired) electrons. The fourth-order valence-electron chi connectivity index (χ4n) is 2.93. The van der Waals surface area contributed by atoms with Crippen LogP contribution >= 0.6 is 24.8 Å². The van der Waals surface area contributed by atoms with E-state index in [1.165, 1.54) is 0 Å². The summed E-state index contributed by atoms with van der Waals surface area (Å²) in [6.45, 7) is 2.40. The molecule has 1 aliphatic heterocycles. The molecule has 0 bridgehead atoms. The van der Waals surface area contributed by atoms with Gasteiger partial charge < -0.3 is 21.3 Å². The Balaban J connectivity index is 0.00000182. The summed E-state index contributed by atoms with van der Waals surface area (Å²) in [4.78, 5) is 32.1. The molecule has 0 saturated carbocycles. The summed E-state index contributed by atoms with van der Waals surface area (Å²) in [5, 5.41) is 0. The van der Waals surface area contributed by atoms with E-state index < -0.39 is 5.91 Å². The van der Waals surface area contributed by atoms with Crippen LogP contribution in [0.25, 0.3) is 0 Å². The number of halogens is 2. The largest absolute Gasteiger partial charge is 0.399 e. The lowest BCUT2D eigenvalue weighted by Crippen LogP contribution is -2.49. The molecule has 146 valence electrons. The minimum absolute atomic E-state index is 0. The van der Waals surface area contributed by atoms with Gasteiger partial charge in [-0.05, 0) is 29.8 Å². The number of amides is 2. The van der Waals surface area contributed by atoms with Crippen molar-refractivity contribution < 1.29 is 9.59 Å². The van der Waals surface area contributed by atoms with E-state index in [0.717, 1.165) is 5.56 Å². The molecule has 0 unspecified atom stereocenters. The van der Waals surface area contributed by atoms with Gasteiger partial charge in [-0.3, -0.25) is 9.59 Å². The molecule has 9 heteroatoms. The minimum Gasteiger partial charge on any atom is -0.399 e. The molecule has 1 saturated heterocycles. The molecule has 1 aromatic carbocycles. The van der Waals surface area contributed by atoms with Crippen LogP contribution in [-0.4, -0.2) is 47.9 Å². The zero-order valence-electron chi connectivity index (χ0n) is 14.7. The maximum Gasteiger partial charge on any atom is 0.252 e. The van der Waals surface area contributed by atoms with Crippen molar-refractivity contribution in [2.24, 2.45) is 5.73 Å². The fourth-order valence-corrected chi connectivity index (χ4v) is 2.93. The number of pyridine rings is 1. The number of rotatable bonds is 4. The van der Waals surface area contributed by atoms with Crippen LogP contribution in [0.2, 0.25) is 0 Å². The van der Waals surface area contributed by atoms with Crippen LogP contribution in [0.1, 0.15) is 15.9 Å². The number of nitrogen functional groups attached to an aromatic ring is 1. The molecular formula is C18H23Cl2N5O2. The highest BCUT2D eigenvalue weighted by Crippen LogP contribution is 2.19. The van der Waals surface area contributed by atoms with Gasteiger partial charge in [-0.2, -0.15) is 0 Å². The highest BCUT2D eigenvalue weighted by molar-refractivity contribution is 5.97. The Morgan fingerprint density at radius 1 is 1.00 bits per heavy atom. The molecule has 2 amide bonds. The molecule has 0 atom stereocenters. The monoisotopic (exact) mass is 411 g/mol. The van der Waals surface area contributed by atoms with E-state index in [4.69, 9.17) is 11.5 Å². The van der Waals surface area contributed by atoms with E-state index >= 15 is 0 Å². The first-order valence-corrected chi connectivity index (χ1v) is 8.16. The second-order valence-corrected chi connectivity index (χ2v) is 6.03. The van der Waals surface area contributed by atoms with Crippen LogP contribution in [0.4, 0.5) is 11.5 Å². The van der Waals surface area contributed by atoms with E-state index in [0.29, 0.717) is 49.7 Å². The number of benzene rings is 1. The van der Waals surface area contributed by atoms with Crippen molar-refractivity contribution in [3.05, 3.63) is 53.7 Å². The van der Waals surface area contributed by atoms with Crippen LogP contribution in [0.5, 0.6) is 0 Å². The quantitative estimate of drug-likeness (QED) is 0.741. The number of aromatic nitrogens is 1. The van der Waals surface area contributed by atoms with Crippen LogP contribution in [-0.2, 0) is 11.2 Å². The number of carbonyl (C=O) groups is 2. The van der Waals surface area contributed by atoms with Crippen molar-refractivity contribution in [1.82, 2.24) is 9.88 Å². The smallest absolute Gasteiger partial charge is 0.252 e. The summed E-state index contributed by atoms with van der Waals surface area (Å²) in [5.41, 5.74) is 13.1. The number of carbonyl (C=O) groups excluding carboxylic acids is 2. The Kier molecular flexibility index (Phi) is 8.33. The molecule has 2 aromatic rings. The maximum absolute atomic E-state index is 12.5. The molecule has 0 aliphatic carbocycles. The second kappa shape index (κ2) is 9.99. The number of hydrogen-bond acceptors (Lipinski definition) is 5. The van der Waals surface area contributed by atoms with Gasteiger partial charge in [-0.25, -0.2) is 4.98 Å². The third-order valence-electron chi connectivity index (χ3n) is 4.32. The van der Waals surface area contributed by atoms with E-state index in [1.807, 2.05) is 21.9 Å². The molecule has 2 heterocycles. The highest BCUT2D eigenvalue weighted by atomic mass is 35.5. The highest BCUT2D eigenvalue weighted by Gasteiger charge is 2.24. The van der Waals surface area contributed by atoms with Crippen molar-refractivity contribution >= 4 is 48.1 Å². The zero-order chi connectivity index (χ0) is 17.8. The lowest BCUT2D eigenvalue weighted by atomic mass is 10.1. The summed E-state index contributed by atoms with van der Waals surface area (Å²) < 4.78 is 0. The van der Waals surface area contributed by atoms with E-state index in [2.05, 4.69) is 4.98 Å². The van der Waals surface area contributed by atoms with Crippen molar-refractivity contribution in [2.45, 2.75) is 6.42 Å². The number of anilines is 2. The summed E-state index contributed by atoms with van der Waals surface area (Å²) in [6.07, 6.45) is 2.00. The topological polar surface area (TPSA) is 106 Å². The molecule has 3 rings (SSSR count). The van der Waals surface area contributed by atoms with Crippen LogP contribution in [0, 0.1) is 0 Å². The van der Waals surface area contributed by atoms with Gasteiger partial charge in [0.25, 0.3) is 5.91 Å². The van der Waals surface area contributed by atoms with Gasteiger partial charge in [-0.15, -0.1) is 24.8 Å². The maximum atomic E-state index is 12.5. The van der Waals surface area contributed by atoms with Crippen LogP contribution < -0.4 is 16.4 Å². The second-order valence-electron chi connectivity index (χ2n) is 6.03. The summed E-state index contributed by atoms with van der Waals surface area (Å²) in [6, 6.07) is 10.7. The van der Waals surface area contributed by atoms with Crippen molar-refractivity contribution in [3.8, 4) is 0 Å². The third kappa shape index (κ3) is 5.48. The summed E-state index contributed by atoms with van der Waals surface area (Å²) >= 11 is 0. The molecule has 1 aromatic heterocycles. The van der Waals surface area contributed by atoms with Gasteiger partial charge in [0.15, 0.2) is 0 Å². The molecule has 27 heavy (non-hydrogen) atoms. The van der Waals surface area contributed by atoms with E-state index in [1.54, 1.807) is 30.5 Å². The number of piperazine rings is 1. The van der Waals surface area contributed by atoms with Gasteiger partial charge >= 0.3 is 0 Å². The van der Waals surface area contributed by atoms with Crippen molar-refractivity contribution in [1.29, 1.82) is 0 Å². The van der Waals surface area contributed by atoms with Gasteiger partial charge in [-0.1, -0.05) is 12.1 Å². The number of primary amides is 1. The van der Waals surface area contributed by atoms with Gasteiger partial charge in [0.2, 0.25) is 5.91 Å². The van der Waals surface area contributed by atoms with E-state index in [9.17, 15) is 9.59 Å². The van der Waals surface area contributed by atoms with Gasteiger partial charge in [0.05, 0.1) is 12.0 Å². The fraction of sp³-hybridized carbons (Fsp3) is 0.278. The van der Waals surface area contributed by atoms with Crippen molar-refractivity contribution in [3.63, 3.8) is 0 Å². The summed E-state index contributed by atoms with van der Waals surface area (Å²) in [7, 11) is 0. The minimum atomic E-state index is -0.495. The molecule has 1 aliphatic rings. The van der Waals surface area contributed by atoms with Crippen LogP contribution in [0.3, 0.4) is 0 Å². The Morgan fingerprint density at radius 3 is 2.22 bits per heavy atom. The Bertz CT molecular complexity index is 778. The predicted octanol–water partition coefficient (Wildman–Crippen LogP) is 1.50. The first kappa shape index (κ1) is 22.5. The average Bonchev–Trinajstić information content (AvgIpc) is 2.63. The lowest BCUT2D eigenvalue weighted by molar-refractivity contribution is -0.130. The first-order chi connectivity index (χ1) is 12.0. The van der Waals surface area contributed by atoms with Gasteiger partial charge in [0, 0.05) is 38.1 Å². The Labute approximate surface area is 170 Å². The third-order valence-corrected chi connectivity index (χ3v) is 4.32. The predicted molar refractivity (Wildman–Crippen MR) is 111 cm³/mol.